The number of H-pyrrole nitrogens is 1. The van der Waals surface area contributed by atoms with Gasteiger partial charge in [-0.1, -0.05) is 12.1 Å². The molecule has 2 aliphatic rings. The fraction of sp³-hybridized carbons (Fsp3) is 0.476. The maximum Gasteiger partial charge on any atom is 0.270 e. The third-order valence-corrected chi connectivity index (χ3v) is 6.71. The van der Waals surface area contributed by atoms with Crippen LogP contribution in [0.1, 0.15) is 49.1 Å². The standard InChI is InChI=1S/C21H26N4O5S/c1-21(2)9-13(6-7-30-21)25-19-17(20(28)24-25)18(31-11-16(27)23-19)12-4-3-5-14(8-12)29-10-15(22)26/h3-5,8,13,18H,6-7,9-11H2,1-2H3,(H2,22,26)(H,23,27)(H,24,28). The van der Waals surface area contributed by atoms with Crippen LogP contribution in [0.15, 0.2) is 29.1 Å². The number of carbonyl (C=O) groups excluding carboxylic acids is 2. The molecule has 1 aromatic heterocycles. The zero-order valence-corrected chi connectivity index (χ0v) is 18.3. The summed E-state index contributed by atoms with van der Waals surface area (Å²) in [6, 6.07) is 7.17. The Bertz CT molecular complexity index is 1060. The first-order chi connectivity index (χ1) is 14.7. The number of primary amides is 1. The lowest BCUT2D eigenvalue weighted by Crippen LogP contribution is -2.36. The third kappa shape index (κ3) is 4.64. The summed E-state index contributed by atoms with van der Waals surface area (Å²) in [7, 11) is 0. The molecule has 0 aliphatic carbocycles. The molecule has 9 nitrogen and oxygen atoms in total. The smallest absolute Gasteiger partial charge is 0.270 e. The summed E-state index contributed by atoms with van der Waals surface area (Å²) < 4.78 is 13.0. The van der Waals surface area contributed by atoms with Gasteiger partial charge in [-0.25, -0.2) is 0 Å². The van der Waals surface area contributed by atoms with Crippen molar-refractivity contribution in [1.29, 1.82) is 0 Å². The second-order valence-electron chi connectivity index (χ2n) is 8.39. The Hall–Kier alpha value is -2.72. The second-order valence-corrected chi connectivity index (χ2v) is 9.49. The minimum atomic E-state index is -0.570. The Kier molecular flexibility index (Phi) is 5.85. The molecule has 0 radical (unpaired) electrons. The van der Waals surface area contributed by atoms with E-state index in [1.54, 1.807) is 22.9 Å². The van der Waals surface area contributed by atoms with Crippen molar-refractivity contribution in [3.05, 3.63) is 45.7 Å². The van der Waals surface area contributed by atoms with Gasteiger partial charge in [0.05, 0.1) is 28.2 Å². The number of nitrogens with two attached hydrogens (primary N) is 1. The Morgan fingerprint density at radius 2 is 2.19 bits per heavy atom. The van der Waals surface area contributed by atoms with Gasteiger partial charge >= 0.3 is 0 Å². The molecule has 2 aliphatic heterocycles. The monoisotopic (exact) mass is 446 g/mol. The summed E-state index contributed by atoms with van der Waals surface area (Å²) in [5.74, 6) is 0.470. The van der Waals surface area contributed by atoms with E-state index in [4.69, 9.17) is 15.2 Å². The number of aromatic nitrogens is 2. The van der Waals surface area contributed by atoms with E-state index >= 15 is 0 Å². The van der Waals surface area contributed by atoms with Crippen LogP contribution in [0.5, 0.6) is 5.75 Å². The van der Waals surface area contributed by atoms with E-state index in [2.05, 4.69) is 10.4 Å². The van der Waals surface area contributed by atoms with Crippen LogP contribution in [0.25, 0.3) is 0 Å². The Balaban J connectivity index is 1.73. The van der Waals surface area contributed by atoms with Crippen LogP contribution in [0.3, 0.4) is 0 Å². The van der Waals surface area contributed by atoms with Gasteiger partial charge in [0.2, 0.25) is 5.91 Å². The highest BCUT2D eigenvalue weighted by atomic mass is 32.2. The first-order valence-electron chi connectivity index (χ1n) is 10.1. The van der Waals surface area contributed by atoms with Crippen LogP contribution in [0, 0.1) is 0 Å². The van der Waals surface area contributed by atoms with Crippen molar-refractivity contribution in [3.63, 3.8) is 0 Å². The molecule has 0 saturated carbocycles. The highest BCUT2D eigenvalue weighted by Gasteiger charge is 2.36. The van der Waals surface area contributed by atoms with Crippen LogP contribution >= 0.6 is 11.8 Å². The summed E-state index contributed by atoms with van der Waals surface area (Å²) in [4.78, 5) is 36.6. The van der Waals surface area contributed by atoms with Gasteiger partial charge in [-0.3, -0.25) is 24.2 Å². The SMILES string of the molecule is CC1(C)CC(n2[nH]c(=O)c3c2NC(=O)CSC3c2cccc(OCC(N)=O)c2)CCO1. The highest BCUT2D eigenvalue weighted by molar-refractivity contribution is 8.00. The molecule has 0 bridgehead atoms. The Morgan fingerprint density at radius 1 is 1.39 bits per heavy atom. The van der Waals surface area contributed by atoms with Crippen LogP contribution in [0.4, 0.5) is 5.82 Å². The van der Waals surface area contributed by atoms with Crippen molar-refractivity contribution in [1.82, 2.24) is 9.78 Å². The molecule has 2 aromatic rings. The summed E-state index contributed by atoms with van der Waals surface area (Å²) in [6.45, 7) is 4.39. The number of hydrogen-bond donors (Lipinski definition) is 3. The lowest BCUT2D eigenvalue weighted by molar-refractivity contribution is -0.120. The number of nitrogens with one attached hydrogen (secondary N) is 2. The number of nitrogens with zero attached hydrogens (tertiary/aromatic N) is 1. The van der Waals surface area contributed by atoms with E-state index in [0.717, 1.165) is 12.0 Å². The number of thioether (sulfide) groups is 1. The van der Waals surface area contributed by atoms with E-state index in [0.29, 0.717) is 30.2 Å². The van der Waals surface area contributed by atoms with Gasteiger partial charge in [-0.15, -0.1) is 11.8 Å². The molecule has 2 amide bonds. The first-order valence-corrected chi connectivity index (χ1v) is 11.2. The highest BCUT2D eigenvalue weighted by Crippen LogP contribution is 2.42. The molecule has 2 unspecified atom stereocenters. The average Bonchev–Trinajstić information content (AvgIpc) is 2.91. The predicted molar refractivity (Wildman–Crippen MR) is 117 cm³/mol. The fourth-order valence-corrected chi connectivity index (χ4v) is 5.24. The van der Waals surface area contributed by atoms with Crippen LogP contribution in [0.2, 0.25) is 0 Å². The first kappa shape index (κ1) is 21.5. The lowest BCUT2D eigenvalue weighted by Gasteiger charge is -2.36. The maximum atomic E-state index is 13.1. The molecule has 166 valence electrons. The van der Waals surface area contributed by atoms with E-state index < -0.39 is 5.91 Å². The van der Waals surface area contributed by atoms with Gasteiger partial charge in [0.1, 0.15) is 11.6 Å². The zero-order valence-electron chi connectivity index (χ0n) is 17.5. The predicted octanol–water partition coefficient (Wildman–Crippen LogP) is 1.95. The number of benzene rings is 1. The number of amides is 2. The summed E-state index contributed by atoms with van der Waals surface area (Å²) in [6.07, 6.45) is 1.46. The number of carbonyl (C=O) groups is 2. The summed E-state index contributed by atoms with van der Waals surface area (Å²) in [5.41, 5.74) is 5.93. The zero-order chi connectivity index (χ0) is 22.2. The molecule has 1 fully saturated rings. The third-order valence-electron chi connectivity index (χ3n) is 5.44. The molecular formula is C21H26N4O5S. The second kappa shape index (κ2) is 8.43. The molecule has 4 rings (SSSR count). The van der Waals surface area contributed by atoms with Gasteiger partial charge in [-0.2, -0.15) is 0 Å². The van der Waals surface area contributed by atoms with E-state index in [-0.39, 0.29) is 40.7 Å². The molecular weight excluding hydrogens is 420 g/mol. The van der Waals surface area contributed by atoms with Crippen molar-refractivity contribution in [2.24, 2.45) is 5.73 Å². The van der Waals surface area contributed by atoms with Crippen molar-refractivity contribution in [2.45, 2.75) is 43.6 Å². The van der Waals surface area contributed by atoms with Gasteiger partial charge < -0.3 is 20.5 Å². The number of hydrogen-bond acceptors (Lipinski definition) is 6. The molecule has 0 spiro atoms. The average molecular weight is 447 g/mol. The molecule has 4 N–H and O–H groups in total. The van der Waals surface area contributed by atoms with Crippen molar-refractivity contribution >= 4 is 29.4 Å². The molecule has 10 heteroatoms. The molecule has 3 heterocycles. The normalized spacial score (nSPS) is 22.8. The van der Waals surface area contributed by atoms with Crippen LogP contribution in [-0.2, 0) is 14.3 Å². The number of rotatable bonds is 5. The topological polar surface area (TPSA) is 128 Å². The van der Waals surface area contributed by atoms with E-state index in [1.807, 2.05) is 19.9 Å². The number of fused-ring (bicyclic) bond motifs is 1. The van der Waals surface area contributed by atoms with Gasteiger partial charge in [0.25, 0.3) is 11.5 Å². The van der Waals surface area contributed by atoms with Crippen LogP contribution < -0.4 is 21.3 Å². The fourth-order valence-electron chi connectivity index (χ4n) is 4.12. The van der Waals surface area contributed by atoms with Crippen LogP contribution in [-0.4, -0.2) is 46.2 Å². The quantitative estimate of drug-likeness (QED) is 0.644. The number of ether oxygens (including phenoxy) is 2. The minimum absolute atomic E-state index is 0.00878. The Morgan fingerprint density at radius 3 is 2.94 bits per heavy atom. The van der Waals surface area contributed by atoms with E-state index in [1.165, 1.54) is 11.8 Å². The Labute approximate surface area is 183 Å². The molecule has 1 aromatic carbocycles. The van der Waals surface area contributed by atoms with Crippen molar-refractivity contribution in [3.8, 4) is 5.75 Å². The minimum Gasteiger partial charge on any atom is -0.484 e. The maximum absolute atomic E-state index is 13.1. The lowest BCUT2D eigenvalue weighted by atomic mass is 9.94. The van der Waals surface area contributed by atoms with Gasteiger partial charge in [0.15, 0.2) is 6.61 Å². The van der Waals surface area contributed by atoms with Crippen molar-refractivity contribution < 1.29 is 19.1 Å². The van der Waals surface area contributed by atoms with Gasteiger partial charge in [-0.05, 0) is 44.4 Å². The number of anilines is 1. The summed E-state index contributed by atoms with van der Waals surface area (Å²) >= 11 is 1.38. The van der Waals surface area contributed by atoms with E-state index in [9.17, 15) is 14.4 Å². The number of aromatic amines is 1. The molecule has 31 heavy (non-hydrogen) atoms. The molecule has 1 saturated heterocycles. The van der Waals surface area contributed by atoms with Crippen molar-refractivity contribution in [2.75, 3.05) is 24.3 Å². The summed E-state index contributed by atoms with van der Waals surface area (Å²) in [5, 5.41) is 5.51. The molecule has 2 atom stereocenters. The van der Waals surface area contributed by atoms with Gasteiger partial charge in [0, 0.05) is 6.61 Å². The largest absolute Gasteiger partial charge is 0.484 e.